The average Bonchev–Trinajstić information content (AvgIpc) is 3.21. The van der Waals surface area contributed by atoms with Crippen molar-refractivity contribution in [3.63, 3.8) is 0 Å². The van der Waals surface area contributed by atoms with E-state index in [0.29, 0.717) is 31.0 Å². The fraction of sp³-hybridized carbons (Fsp3) is 0.435. The topological polar surface area (TPSA) is 107 Å². The molecule has 2 aromatic carbocycles. The smallest absolute Gasteiger partial charge is 0.294 e. The number of ether oxygens (including phenoxy) is 1. The van der Waals surface area contributed by atoms with E-state index in [1.54, 1.807) is 6.07 Å². The number of rotatable bonds is 10. The van der Waals surface area contributed by atoms with E-state index in [-0.39, 0.29) is 10.3 Å². The summed E-state index contributed by atoms with van der Waals surface area (Å²) in [6.45, 7) is 9.33. The molecule has 9 heteroatoms. The maximum Gasteiger partial charge on any atom is 0.294 e. The Kier molecular flexibility index (Phi) is 7.30. The van der Waals surface area contributed by atoms with Crippen LogP contribution in [0.5, 0.6) is 5.75 Å². The minimum Gasteiger partial charge on any atom is -0.494 e. The third kappa shape index (κ3) is 6.37. The molecule has 172 valence electrons. The van der Waals surface area contributed by atoms with Crippen molar-refractivity contribution in [2.24, 2.45) is 5.41 Å². The fourth-order valence-corrected chi connectivity index (χ4v) is 4.12. The molecule has 0 spiro atoms. The molecule has 1 N–H and O–H groups in total. The highest BCUT2D eigenvalue weighted by Crippen LogP contribution is 2.30. The molecule has 0 saturated carbocycles. The normalized spacial score (nSPS) is 12.2. The van der Waals surface area contributed by atoms with Crippen LogP contribution in [0.4, 0.5) is 0 Å². The monoisotopic (exact) mass is 458 g/mol. The van der Waals surface area contributed by atoms with E-state index in [9.17, 15) is 13.0 Å². The summed E-state index contributed by atoms with van der Waals surface area (Å²) in [6, 6.07) is 12.6. The highest BCUT2D eigenvalue weighted by molar-refractivity contribution is 7.85. The first kappa shape index (κ1) is 23.9. The Balaban J connectivity index is 1.54. The number of aromatic nitrogens is 4. The van der Waals surface area contributed by atoms with Gasteiger partial charge >= 0.3 is 0 Å². The highest BCUT2D eigenvalue weighted by Gasteiger charge is 2.21. The maximum atomic E-state index is 11.7. The van der Waals surface area contributed by atoms with Gasteiger partial charge in [-0.2, -0.15) is 13.2 Å². The molecule has 32 heavy (non-hydrogen) atoms. The predicted octanol–water partition coefficient (Wildman–Crippen LogP) is 4.34. The van der Waals surface area contributed by atoms with Crippen LogP contribution in [0, 0.1) is 12.3 Å². The molecule has 3 rings (SSSR count). The van der Waals surface area contributed by atoms with Gasteiger partial charge in [0.2, 0.25) is 5.82 Å². The summed E-state index contributed by atoms with van der Waals surface area (Å²) in [6.07, 6.45) is 2.12. The molecule has 1 heterocycles. The van der Waals surface area contributed by atoms with Crippen LogP contribution in [0.3, 0.4) is 0 Å². The van der Waals surface area contributed by atoms with Crippen molar-refractivity contribution in [2.75, 3.05) is 6.61 Å². The Morgan fingerprint density at radius 2 is 1.81 bits per heavy atom. The van der Waals surface area contributed by atoms with Gasteiger partial charge in [-0.25, -0.2) is 0 Å². The Hall–Kier alpha value is -2.78. The van der Waals surface area contributed by atoms with E-state index in [4.69, 9.17) is 4.74 Å². The third-order valence-corrected chi connectivity index (χ3v) is 6.41. The SMILES string of the molecule is CCn1nnc(-c2ccc(OCCC(C)(C)CCc3cc(C)ccc3S(=O)(=O)O)cc2)n1. The average molecular weight is 459 g/mol. The molecule has 3 aromatic rings. The van der Waals surface area contributed by atoms with Gasteiger partial charge < -0.3 is 4.74 Å². The number of nitrogens with zero attached hydrogens (tertiary/aromatic N) is 4. The molecule has 0 amide bonds. The van der Waals surface area contributed by atoms with Crippen LogP contribution >= 0.6 is 0 Å². The van der Waals surface area contributed by atoms with Crippen molar-refractivity contribution in [3.05, 3.63) is 53.6 Å². The number of hydrogen-bond donors (Lipinski definition) is 1. The Bertz CT molecular complexity index is 1150. The van der Waals surface area contributed by atoms with Crippen LogP contribution in [0.1, 0.15) is 44.7 Å². The van der Waals surface area contributed by atoms with E-state index in [0.717, 1.165) is 29.7 Å². The Morgan fingerprint density at radius 3 is 2.44 bits per heavy atom. The van der Waals surface area contributed by atoms with Crippen molar-refractivity contribution < 1.29 is 17.7 Å². The van der Waals surface area contributed by atoms with Crippen LogP contribution < -0.4 is 4.74 Å². The number of benzene rings is 2. The molecule has 0 unspecified atom stereocenters. The maximum absolute atomic E-state index is 11.7. The van der Waals surface area contributed by atoms with E-state index in [1.807, 2.05) is 44.2 Å². The van der Waals surface area contributed by atoms with Crippen LogP contribution in [-0.4, -0.2) is 39.8 Å². The summed E-state index contributed by atoms with van der Waals surface area (Å²) in [5, 5.41) is 12.3. The molecular weight excluding hydrogens is 428 g/mol. The summed E-state index contributed by atoms with van der Waals surface area (Å²) in [5.41, 5.74) is 2.42. The molecule has 0 aliphatic carbocycles. The molecule has 8 nitrogen and oxygen atoms in total. The number of hydrogen-bond acceptors (Lipinski definition) is 6. The van der Waals surface area contributed by atoms with Crippen molar-refractivity contribution >= 4 is 10.1 Å². The van der Waals surface area contributed by atoms with Crippen LogP contribution in [0.25, 0.3) is 11.4 Å². The lowest BCUT2D eigenvalue weighted by Crippen LogP contribution is -2.17. The van der Waals surface area contributed by atoms with Gasteiger partial charge in [0, 0.05) is 5.56 Å². The lowest BCUT2D eigenvalue weighted by molar-refractivity contribution is 0.217. The number of aryl methyl sites for hydroxylation is 3. The quantitative estimate of drug-likeness (QED) is 0.450. The van der Waals surface area contributed by atoms with Gasteiger partial charge in [0.1, 0.15) is 5.75 Å². The van der Waals surface area contributed by atoms with Crippen molar-refractivity contribution in [3.8, 4) is 17.1 Å². The van der Waals surface area contributed by atoms with Crippen molar-refractivity contribution in [1.82, 2.24) is 20.2 Å². The summed E-state index contributed by atoms with van der Waals surface area (Å²) >= 11 is 0. The van der Waals surface area contributed by atoms with Gasteiger partial charge in [-0.05, 0) is 79.6 Å². The molecule has 0 aliphatic rings. The molecule has 0 fully saturated rings. The molecule has 0 aliphatic heterocycles. The molecule has 0 radical (unpaired) electrons. The van der Waals surface area contributed by atoms with Gasteiger partial charge in [0.05, 0.1) is 18.0 Å². The second-order valence-corrected chi connectivity index (χ2v) is 10.1. The van der Waals surface area contributed by atoms with Crippen LogP contribution in [0.2, 0.25) is 0 Å². The first-order valence-corrected chi connectivity index (χ1v) is 12.1. The molecule has 0 saturated heterocycles. The zero-order chi connectivity index (χ0) is 23.4. The Morgan fingerprint density at radius 1 is 1.09 bits per heavy atom. The van der Waals surface area contributed by atoms with E-state index in [2.05, 4.69) is 29.3 Å². The first-order valence-electron chi connectivity index (χ1n) is 10.7. The fourth-order valence-electron chi connectivity index (χ4n) is 3.39. The lowest BCUT2D eigenvalue weighted by Gasteiger charge is -2.25. The third-order valence-electron chi connectivity index (χ3n) is 5.46. The summed E-state index contributed by atoms with van der Waals surface area (Å²) in [5.74, 6) is 1.35. The number of tetrazole rings is 1. The zero-order valence-electron chi connectivity index (χ0n) is 18.9. The van der Waals surface area contributed by atoms with Crippen LogP contribution in [-0.2, 0) is 23.1 Å². The molecule has 0 atom stereocenters. The lowest BCUT2D eigenvalue weighted by atomic mass is 9.83. The highest BCUT2D eigenvalue weighted by atomic mass is 32.2. The van der Waals surface area contributed by atoms with Gasteiger partial charge in [-0.3, -0.25) is 4.55 Å². The summed E-state index contributed by atoms with van der Waals surface area (Å²) in [7, 11) is -4.23. The standard InChI is InChI=1S/C23H30N4O4S/c1-5-27-25-22(24-26-27)18-7-9-20(10-8-18)31-15-14-23(3,4)13-12-19-16-17(2)6-11-21(19)32(28,29)30/h6-11,16H,5,12-15H2,1-4H3,(H,28,29,30). The molecule has 0 bridgehead atoms. The second-order valence-electron chi connectivity index (χ2n) is 8.67. The minimum atomic E-state index is -4.23. The summed E-state index contributed by atoms with van der Waals surface area (Å²) in [4.78, 5) is 1.53. The predicted molar refractivity (Wildman–Crippen MR) is 122 cm³/mol. The largest absolute Gasteiger partial charge is 0.494 e. The van der Waals surface area contributed by atoms with E-state index in [1.165, 1.54) is 10.9 Å². The van der Waals surface area contributed by atoms with Gasteiger partial charge in [0.25, 0.3) is 10.1 Å². The van der Waals surface area contributed by atoms with Gasteiger partial charge in [0.15, 0.2) is 0 Å². The Labute approximate surface area is 189 Å². The molecular formula is C23H30N4O4S. The van der Waals surface area contributed by atoms with Gasteiger partial charge in [-0.1, -0.05) is 31.5 Å². The molecule has 1 aromatic heterocycles. The van der Waals surface area contributed by atoms with Crippen molar-refractivity contribution in [2.45, 2.75) is 58.4 Å². The first-order chi connectivity index (χ1) is 15.1. The summed E-state index contributed by atoms with van der Waals surface area (Å²) < 4.78 is 38.8. The zero-order valence-corrected chi connectivity index (χ0v) is 19.8. The van der Waals surface area contributed by atoms with Crippen molar-refractivity contribution in [1.29, 1.82) is 0 Å². The minimum absolute atomic E-state index is 0.0105. The van der Waals surface area contributed by atoms with E-state index < -0.39 is 10.1 Å². The van der Waals surface area contributed by atoms with E-state index >= 15 is 0 Å². The van der Waals surface area contributed by atoms with Gasteiger partial charge in [-0.15, -0.1) is 10.2 Å². The van der Waals surface area contributed by atoms with Crippen LogP contribution in [0.15, 0.2) is 47.4 Å². The second kappa shape index (κ2) is 9.79.